The summed E-state index contributed by atoms with van der Waals surface area (Å²) >= 11 is 0. The Morgan fingerprint density at radius 3 is 3.00 bits per heavy atom. The Labute approximate surface area is 81.8 Å². The summed E-state index contributed by atoms with van der Waals surface area (Å²) in [5.74, 6) is 0.170. The van der Waals surface area contributed by atoms with E-state index < -0.39 is 5.41 Å². The number of hydrogen-bond donors (Lipinski definition) is 2. The fourth-order valence-electron chi connectivity index (χ4n) is 2.50. The summed E-state index contributed by atoms with van der Waals surface area (Å²) in [7, 11) is 0. The smallest absolute Gasteiger partial charge is 0.235 e. The molecule has 1 spiro atoms. The van der Waals surface area contributed by atoms with Crippen LogP contribution in [0.4, 0.5) is 5.69 Å². The first-order chi connectivity index (χ1) is 6.79. The Balaban J connectivity index is 2.13. The van der Waals surface area contributed by atoms with E-state index in [1.54, 1.807) is 0 Å². The highest BCUT2D eigenvalue weighted by Gasteiger charge is 2.64. The van der Waals surface area contributed by atoms with Gasteiger partial charge in [-0.05, 0) is 18.1 Å². The minimum atomic E-state index is -0.397. The van der Waals surface area contributed by atoms with Crippen LogP contribution in [0.2, 0.25) is 0 Å². The molecular formula is C11H11NO2. The van der Waals surface area contributed by atoms with Crippen LogP contribution in [0.3, 0.4) is 0 Å². The van der Waals surface area contributed by atoms with Gasteiger partial charge in [0.15, 0.2) is 0 Å². The van der Waals surface area contributed by atoms with Crippen molar-refractivity contribution in [1.82, 2.24) is 0 Å². The molecule has 1 heterocycles. The molecule has 0 radical (unpaired) electrons. The molecule has 1 aliphatic heterocycles. The van der Waals surface area contributed by atoms with Crippen molar-refractivity contribution in [2.45, 2.75) is 11.8 Å². The third-order valence-electron chi connectivity index (χ3n) is 3.39. The molecule has 1 aromatic carbocycles. The fraction of sp³-hybridized carbons (Fsp3) is 0.364. The van der Waals surface area contributed by atoms with E-state index in [1.165, 1.54) is 0 Å². The topological polar surface area (TPSA) is 49.3 Å². The zero-order valence-electron chi connectivity index (χ0n) is 7.66. The third kappa shape index (κ3) is 0.738. The summed E-state index contributed by atoms with van der Waals surface area (Å²) < 4.78 is 0. The van der Waals surface area contributed by atoms with Gasteiger partial charge in [-0.15, -0.1) is 0 Å². The van der Waals surface area contributed by atoms with Crippen molar-refractivity contribution in [2.75, 3.05) is 11.9 Å². The monoisotopic (exact) mass is 189 g/mol. The normalized spacial score (nSPS) is 32.9. The molecule has 2 N–H and O–H groups in total. The first-order valence-electron chi connectivity index (χ1n) is 4.81. The minimum absolute atomic E-state index is 0.0535. The molecule has 3 nitrogen and oxygen atoms in total. The maximum absolute atomic E-state index is 11.8. The fourth-order valence-corrected chi connectivity index (χ4v) is 2.50. The molecule has 3 rings (SSSR count). The number of hydrogen-bond acceptors (Lipinski definition) is 2. The number of aliphatic hydroxyl groups excluding tert-OH is 1. The van der Waals surface area contributed by atoms with Gasteiger partial charge in [0.1, 0.15) is 0 Å². The number of amides is 1. The first kappa shape index (κ1) is 8.00. The lowest BCUT2D eigenvalue weighted by Gasteiger charge is -2.05. The molecule has 0 aromatic heterocycles. The lowest BCUT2D eigenvalue weighted by Crippen LogP contribution is -2.22. The zero-order valence-corrected chi connectivity index (χ0v) is 7.66. The lowest BCUT2D eigenvalue weighted by molar-refractivity contribution is -0.118. The predicted octanol–water partition coefficient (Wildman–Crippen LogP) is 0.889. The van der Waals surface area contributed by atoms with Crippen LogP contribution < -0.4 is 5.32 Å². The average Bonchev–Trinajstić information content (AvgIpc) is 2.87. The van der Waals surface area contributed by atoms with Gasteiger partial charge in [0.05, 0.1) is 5.41 Å². The number of para-hydroxylation sites is 1. The molecule has 1 amide bonds. The molecule has 1 fully saturated rings. The van der Waals surface area contributed by atoms with Gasteiger partial charge in [-0.1, -0.05) is 18.2 Å². The second kappa shape index (κ2) is 2.36. The van der Waals surface area contributed by atoms with Crippen LogP contribution in [0, 0.1) is 5.92 Å². The van der Waals surface area contributed by atoms with Crippen LogP contribution in [-0.2, 0) is 10.2 Å². The zero-order chi connectivity index (χ0) is 9.76. The second-order valence-corrected chi connectivity index (χ2v) is 4.05. The van der Waals surface area contributed by atoms with Gasteiger partial charge < -0.3 is 10.4 Å². The van der Waals surface area contributed by atoms with E-state index in [2.05, 4.69) is 5.32 Å². The molecule has 2 aliphatic rings. The molecule has 0 saturated heterocycles. The van der Waals surface area contributed by atoms with E-state index in [9.17, 15) is 4.79 Å². The van der Waals surface area contributed by atoms with Crippen molar-refractivity contribution in [2.24, 2.45) is 5.92 Å². The first-order valence-corrected chi connectivity index (χ1v) is 4.81. The maximum Gasteiger partial charge on any atom is 0.235 e. The summed E-state index contributed by atoms with van der Waals surface area (Å²) in [6.07, 6.45) is 0.784. The molecule has 0 unspecified atom stereocenters. The standard InChI is InChI=1S/C11H11NO2/c13-6-7-5-11(7)8-3-1-2-4-9(8)12-10(11)14/h1-4,7,13H,5-6H2,(H,12,14)/t7-,11+/m0/s1. The van der Waals surface area contributed by atoms with Crippen molar-refractivity contribution >= 4 is 11.6 Å². The van der Waals surface area contributed by atoms with Gasteiger partial charge >= 0.3 is 0 Å². The van der Waals surface area contributed by atoms with Crippen molar-refractivity contribution in [3.63, 3.8) is 0 Å². The van der Waals surface area contributed by atoms with Crippen LogP contribution in [0.1, 0.15) is 12.0 Å². The number of fused-ring (bicyclic) bond motifs is 2. The Kier molecular flexibility index (Phi) is 1.35. The van der Waals surface area contributed by atoms with Crippen LogP contribution >= 0.6 is 0 Å². The molecule has 1 saturated carbocycles. The summed E-state index contributed by atoms with van der Waals surface area (Å²) in [5, 5.41) is 12.0. The molecule has 1 aromatic rings. The van der Waals surface area contributed by atoms with Crippen LogP contribution in [-0.4, -0.2) is 17.6 Å². The van der Waals surface area contributed by atoms with E-state index in [1.807, 2.05) is 24.3 Å². The summed E-state index contributed by atoms with van der Waals surface area (Å²) in [5.41, 5.74) is 1.57. The van der Waals surface area contributed by atoms with E-state index in [0.29, 0.717) is 0 Å². The van der Waals surface area contributed by atoms with Gasteiger partial charge in [-0.3, -0.25) is 4.79 Å². The summed E-state index contributed by atoms with van der Waals surface area (Å²) in [6.45, 7) is 0.0990. The van der Waals surface area contributed by atoms with Gasteiger partial charge in [0.2, 0.25) is 5.91 Å². The van der Waals surface area contributed by atoms with Gasteiger partial charge in [-0.25, -0.2) is 0 Å². The number of rotatable bonds is 1. The van der Waals surface area contributed by atoms with Gasteiger partial charge in [0, 0.05) is 18.2 Å². The quantitative estimate of drug-likeness (QED) is 0.689. The highest BCUT2D eigenvalue weighted by Crippen LogP contribution is 2.59. The number of benzene rings is 1. The van der Waals surface area contributed by atoms with Gasteiger partial charge in [0.25, 0.3) is 0 Å². The number of carbonyl (C=O) groups excluding carboxylic acids is 1. The summed E-state index contributed by atoms with van der Waals surface area (Å²) in [6, 6.07) is 7.74. The van der Waals surface area contributed by atoms with Crippen molar-refractivity contribution in [3.05, 3.63) is 29.8 Å². The van der Waals surface area contributed by atoms with Crippen molar-refractivity contribution < 1.29 is 9.90 Å². The van der Waals surface area contributed by atoms with Crippen LogP contribution in [0.25, 0.3) is 0 Å². The molecule has 72 valence electrons. The number of anilines is 1. The van der Waals surface area contributed by atoms with Crippen molar-refractivity contribution in [3.8, 4) is 0 Å². The van der Waals surface area contributed by atoms with E-state index in [4.69, 9.17) is 5.11 Å². The minimum Gasteiger partial charge on any atom is -0.396 e. The number of aliphatic hydroxyl groups is 1. The largest absolute Gasteiger partial charge is 0.396 e. The third-order valence-corrected chi connectivity index (χ3v) is 3.39. The number of nitrogens with one attached hydrogen (secondary N) is 1. The number of carbonyl (C=O) groups is 1. The Hall–Kier alpha value is -1.35. The molecular weight excluding hydrogens is 178 g/mol. The van der Waals surface area contributed by atoms with E-state index in [-0.39, 0.29) is 18.4 Å². The van der Waals surface area contributed by atoms with Crippen LogP contribution in [0.15, 0.2) is 24.3 Å². The summed E-state index contributed by atoms with van der Waals surface area (Å²) in [4.78, 5) is 11.8. The molecule has 0 bridgehead atoms. The molecule has 14 heavy (non-hydrogen) atoms. The molecule has 3 heteroatoms. The Morgan fingerprint density at radius 2 is 2.29 bits per heavy atom. The van der Waals surface area contributed by atoms with Crippen LogP contribution in [0.5, 0.6) is 0 Å². The van der Waals surface area contributed by atoms with Crippen molar-refractivity contribution in [1.29, 1.82) is 0 Å². The van der Waals surface area contributed by atoms with Gasteiger partial charge in [-0.2, -0.15) is 0 Å². The Morgan fingerprint density at radius 1 is 1.50 bits per heavy atom. The molecule has 2 atom stereocenters. The SMILES string of the molecule is O=C1Nc2ccccc2[C@]12C[C@H]2CO. The van der Waals surface area contributed by atoms with E-state index in [0.717, 1.165) is 17.7 Å². The predicted molar refractivity (Wildman–Crippen MR) is 51.9 cm³/mol. The average molecular weight is 189 g/mol. The second-order valence-electron chi connectivity index (χ2n) is 4.05. The van der Waals surface area contributed by atoms with E-state index >= 15 is 0 Å². The lowest BCUT2D eigenvalue weighted by atomic mass is 9.95. The maximum atomic E-state index is 11.8. The molecule has 1 aliphatic carbocycles. The highest BCUT2D eigenvalue weighted by atomic mass is 16.3. The Bertz CT molecular complexity index is 416. The highest BCUT2D eigenvalue weighted by molar-refractivity contribution is 6.08.